The number of aliphatic imine (C=N–C) groups is 1. The van der Waals surface area contributed by atoms with Gasteiger partial charge >= 0.3 is 0 Å². The summed E-state index contributed by atoms with van der Waals surface area (Å²) in [6.45, 7) is 0.186. The number of hydroxylamine groups is 1. The highest BCUT2D eigenvalue weighted by molar-refractivity contribution is 7.89. The van der Waals surface area contributed by atoms with Crippen molar-refractivity contribution in [1.82, 2.24) is 10.2 Å². The van der Waals surface area contributed by atoms with Crippen LogP contribution in [0.2, 0.25) is 1.43 Å². The van der Waals surface area contributed by atoms with Crippen LogP contribution in [0.5, 0.6) is 11.5 Å². The Labute approximate surface area is 174 Å². The van der Waals surface area contributed by atoms with E-state index in [0.29, 0.717) is 17.9 Å². The third-order valence-electron chi connectivity index (χ3n) is 3.84. The number of hydrogen-bond donors (Lipinski definition) is 5. The average molecular weight is 440 g/mol. The highest BCUT2D eigenvalue weighted by Gasteiger charge is 2.25. The SMILES string of the molecule is [2H]ONC(=O)[C@H](CCCN=C(N)N)NS(=O)(=O)c1ccc(Oc2ccc(F)cc2)cc1. The molecule has 0 spiro atoms. The van der Waals surface area contributed by atoms with E-state index in [-0.39, 0.29) is 23.8 Å². The van der Waals surface area contributed by atoms with Gasteiger partial charge in [0.2, 0.25) is 11.5 Å². The number of hydrogen-bond acceptors (Lipinski definition) is 6. The van der Waals surface area contributed by atoms with Gasteiger partial charge in [-0.1, -0.05) is 0 Å². The first-order chi connectivity index (χ1) is 14.7. The highest BCUT2D eigenvalue weighted by Crippen LogP contribution is 2.23. The molecule has 0 radical (unpaired) electrons. The third-order valence-corrected chi connectivity index (χ3v) is 5.33. The van der Waals surface area contributed by atoms with Gasteiger partial charge in [0.05, 0.1) is 4.90 Å². The van der Waals surface area contributed by atoms with Crippen LogP contribution in [0.25, 0.3) is 0 Å². The van der Waals surface area contributed by atoms with Gasteiger partial charge in [-0.25, -0.2) is 18.3 Å². The van der Waals surface area contributed by atoms with Crippen molar-refractivity contribution in [3.8, 4) is 11.5 Å². The zero-order valence-electron chi connectivity index (χ0n) is 16.7. The minimum Gasteiger partial charge on any atom is -0.457 e. The lowest BCUT2D eigenvalue weighted by Crippen LogP contribution is -2.45. The van der Waals surface area contributed by atoms with Crippen LogP contribution >= 0.6 is 0 Å². The van der Waals surface area contributed by atoms with Crippen LogP contribution in [0.15, 0.2) is 58.4 Å². The summed E-state index contributed by atoms with van der Waals surface area (Å²) < 4.78 is 52.7. The summed E-state index contributed by atoms with van der Waals surface area (Å²) in [4.78, 5) is 15.7. The fraction of sp³-hybridized carbons (Fsp3) is 0.222. The van der Waals surface area contributed by atoms with Gasteiger partial charge in [0.1, 0.15) is 23.4 Å². The lowest BCUT2D eigenvalue weighted by Gasteiger charge is -2.16. The normalized spacial score (nSPS) is 12.5. The highest BCUT2D eigenvalue weighted by atomic mass is 32.2. The Kier molecular flexibility index (Phi) is 7.54. The second-order valence-corrected chi connectivity index (χ2v) is 7.83. The molecule has 7 N–H and O–H groups in total. The van der Waals surface area contributed by atoms with Crippen molar-refractivity contribution in [3.63, 3.8) is 0 Å². The molecule has 2 aromatic carbocycles. The lowest BCUT2D eigenvalue weighted by atomic mass is 10.1. The van der Waals surface area contributed by atoms with E-state index >= 15 is 0 Å². The van der Waals surface area contributed by atoms with Crippen molar-refractivity contribution in [2.24, 2.45) is 16.5 Å². The van der Waals surface area contributed by atoms with E-state index in [4.69, 9.17) is 17.6 Å². The van der Waals surface area contributed by atoms with Crippen molar-refractivity contribution in [1.29, 1.82) is 0 Å². The monoisotopic (exact) mass is 440 g/mol. The summed E-state index contributed by atoms with van der Waals surface area (Å²) in [5.41, 5.74) is 12.2. The third kappa shape index (κ3) is 6.99. The molecule has 1 amide bonds. The van der Waals surface area contributed by atoms with E-state index in [1.807, 2.05) is 0 Å². The molecule has 0 aliphatic carbocycles. The molecule has 0 heterocycles. The minimum atomic E-state index is -4.09. The summed E-state index contributed by atoms with van der Waals surface area (Å²) >= 11 is 0. The molecule has 0 aliphatic rings. The van der Waals surface area contributed by atoms with E-state index in [9.17, 15) is 17.6 Å². The molecule has 2 aromatic rings. The summed E-state index contributed by atoms with van der Waals surface area (Å²) in [6, 6.07) is 9.51. The Morgan fingerprint density at radius 3 is 2.33 bits per heavy atom. The fourth-order valence-corrected chi connectivity index (χ4v) is 3.63. The smallest absolute Gasteiger partial charge is 0.261 e. The summed E-state index contributed by atoms with van der Waals surface area (Å²) in [5, 5.41) is 3.84. The van der Waals surface area contributed by atoms with Crippen LogP contribution < -0.4 is 26.4 Å². The van der Waals surface area contributed by atoms with Crippen molar-refractivity contribution in [2.45, 2.75) is 23.8 Å². The Hall–Kier alpha value is -3.22. The zero-order valence-corrected chi connectivity index (χ0v) is 16.6. The molecule has 162 valence electrons. The first-order valence-corrected chi connectivity index (χ1v) is 10.2. The lowest BCUT2D eigenvalue weighted by molar-refractivity contribution is -0.131. The average Bonchev–Trinajstić information content (AvgIpc) is 2.72. The number of amides is 1. The van der Waals surface area contributed by atoms with Crippen LogP contribution in [-0.2, 0) is 14.8 Å². The number of nitrogens with zero attached hydrogens (tertiary/aromatic N) is 1. The quantitative estimate of drug-likeness (QED) is 0.113. The summed E-state index contributed by atoms with van der Waals surface area (Å²) in [7, 11) is -4.09. The van der Waals surface area contributed by atoms with Gasteiger partial charge in [-0.05, 0) is 61.4 Å². The van der Waals surface area contributed by atoms with Crippen LogP contribution in [0.3, 0.4) is 0 Å². The van der Waals surface area contributed by atoms with Gasteiger partial charge in [-0.2, -0.15) is 4.72 Å². The number of carbonyl (C=O) groups excluding carboxylic acids is 1. The molecule has 0 fully saturated rings. The maximum Gasteiger partial charge on any atom is 0.261 e. The maximum absolute atomic E-state index is 13.0. The minimum absolute atomic E-state index is 0.0525. The molecule has 0 saturated carbocycles. The first-order valence-electron chi connectivity index (χ1n) is 9.15. The number of ether oxygens (including phenoxy) is 1. The molecule has 0 saturated heterocycles. The molecule has 1 atom stereocenters. The number of benzene rings is 2. The summed E-state index contributed by atoms with van der Waals surface area (Å²) in [6.07, 6.45) is 0.345. The Morgan fingerprint density at radius 1 is 1.17 bits per heavy atom. The van der Waals surface area contributed by atoms with E-state index in [1.54, 1.807) is 5.48 Å². The number of carbonyl (C=O) groups is 1. The van der Waals surface area contributed by atoms with Gasteiger partial charge in [0.15, 0.2) is 5.96 Å². The molecule has 0 bridgehead atoms. The van der Waals surface area contributed by atoms with Crippen LogP contribution in [0, 0.1) is 5.82 Å². The predicted octanol–water partition coefficient (Wildman–Crippen LogP) is 0.824. The van der Waals surface area contributed by atoms with E-state index in [1.165, 1.54) is 48.5 Å². The number of guanidine groups is 1. The molecule has 12 heteroatoms. The molecular weight excluding hydrogens is 417 g/mol. The molecule has 30 heavy (non-hydrogen) atoms. The van der Waals surface area contributed by atoms with Gasteiger partial charge in [-0.3, -0.25) is 15.0 Å². The largest absolute Gasteiger partial charge is 0.457 e. The van der Waals surface area contributed by atoms with Crippen molar-refractivity contribution < 1.29 is 29.0 Å². The number of nitrogens with two attached hydrogens (primary N) is 2. The van der Waals surface area contributed by atoms with Gasteiger partial charge < -0.3 is 16.2 Å². The zero-order chi connectivity index (χ0) is 22.9. The Morgan fingerprint density at radius 2 is 1.77 bits per heavy atom. The standard InChI is InChI=1S/C18H22FN5O5S/c19-12-3-5-13(6-4-12)29-14-7-9-15(10-8-14)30(27,28)24-16(17(25)23-26)2-1-11-22-18(20)21/h3-10,16,24,26H,1-2,11H2,(H,23,25)(H4,20,21,22)/t16-/m0/s1/i/hD. The number of sulfonamides is 1. The molecule has 2 rings (SSSR count). The molecule has 0 unspecified atom stereocenters. The maximum atomic E-state index is 13.0. The number of nitrogens with one attached hydrogen (secondary N) is 2. The van der Waals surface area contributed by atoms with E-state index in [2.05, 4.69) is 14.9 Å². The second-order valence-electron chi connectivity index (χ2n) is 6.12. The van der Waals surface area contributed by atoms with E-state index < -0.39 is 27.8 Å². The fourth-order valence-electron chi connectivity index (χ4n) is 2.40. The predicted molar refractivity (Wildman–Crippen MR) is 107 cm³/mol. The first kappa shape index (κ1) is 21.5. The molecule has 0 aromatic heterocycles. The second kappa shape index (κ2) is 10.5. The van der Waals surface area contributed by atoms with Crippen LogP contribution in [-0.4, -0.2) is 38.1 Å². The van der Waals surface area contributed by atoms with Gasteiger partial charge in [0.25, 0.3) is 5.91 Å². The van der Waals surface area contributed by atoms with Crippen LogP contribution in [0.1, 0.15) is 12.8 Å². The van der Waals surface area contributed by atoms with E-state index in [0.717, 1.165) is 0 Å². The van der Waals surface area contributed by atoms with Crippen molar-refractivity contribution >= 4 is 21.9 Å². The Balaban J connectivity index is 2.08. The van der Waals surface area contributed by atoms with Gasteiger partial charge in [-0.15, -0.1) is 0 Å². The molecule has 0 aliphatic heterocycles. The topological polar surface area (TPSA) is 169 Å². The van der Waals surface area contributed by atoms with Crippen LogP contribution in [0.4, 0.5) is 4.39 Å². The van der Waals surface area contributed by atoms with Gasteiger partial charge in [0, 0.05) is 6.54 Å². The van der Waals surface area contributed by atoms with Crippen molar-refractivity contribution in [2.75, 3.05) is 6.54 Å². The number of halogens is 1. The molecule has 10 nitrogen and oxygen atoms in total. The summed E-state index contributed by atoms with van der Waals surface area (Å²) in [5.74, 6) is -0.672. The number of rotatable bonds is 11. The Bertz CT molecular complexity index is 999. The molecular formula is C18H22FN5O5S. The van der Waals surface area contributed by atoms with Crippen molar-refractivity contribution in [3.05, 3.63) is 54.3 Å².